The molecule has 140 valence electrons. The number of carbonyl (C=O) groups excluding carboxylic acids is 1. The maximum absolute atomic E-state index is 12.9. The van der Waals surface area contributed by atoms with Gasteiger partial charge >= 0.3 is 0 Å². The Morgan fingerprint density at radius 1 is 1.48 bits per heavy atom. The van der Waals surface area contributed by atoms with Crippen LogP contribution in [0.1, 0.15) is 37.2 Å². The van der Waals surface area contributed by atoms with Crippen molar-refractivity contribution < 1.29 is 14.3 Å². The molecule has 2 aliphatic heterocycles. The zero-order valence-corrected chi connectivity index (χ0v) is 15.9. The third-order valence-electron chi connectivity index (χ3n) is 5.51. The third-order valence-corrected chi connectivity index (χ3v) is 5.51. The normalized spacial score (nSPS) is 27.4. The number of hydrogen-bond acceptors (Lipinski definition) is 4. The molecule has 0 radical (unpaired) electrons. The van der Waals surface area contributed by atoms with Gasteiger partial charge in [-0.2, -0.15) is 0 Å². The molecule has 6 nitrogen and oxygen atoms in total. The summed E-state index contributed by atoms with van der Waals surface area (Å²) in [5.41, 5.74) is 0.353. The average molecular weight is 349 g/mol. The number of aryl methyl sites for hydroxylation is 1. The summed E-state index contributed by atoms with van der Waals surface area (Å²) in [5, 5.41) is 0. The van der Waals surface area contributed by atoms with E-state index in [4.69, 9.17) is 9.47 Å². The summed E-state index contributed by atoms with van der Waals surface area (Å²) in [6.45, 7) is 7.68. The Labute approximate surface area is 150 Å². The van der Waals surface area contributed by atoms with Gasteiger partial charge in [-0.1, -0.05) is 0 Å². The topological polar surface area (TPSA) is 46.9 Å². The van der Waals surface area contributed by atoms with Crippen molar-refractivity contribution >= 4 is 5.91 Å². The van der Waals surface area contributed by atoms with Gasteiger partial charge in [0.1, 0.15) is 11.3 Å². The van der Waals surface area contributed by atoms with E-state index >= 15 is 0 Å². The fourth-order valence-electron chi connectivity index (χ4n) is 3.70. The van der Waals surface area contributed by atoms with Gasteiger partial charge in [0.05, 0.1) is 25.9 Å². The number of nitrogens with zero attached hydrogens (tertiary/aromatic N) is 3. The van der Waals surface area contributed by atoms with Crippen LogP contribution in [0.4, 0.5) is 0 Å². The Morgan fingerprint density at radius 3 is 2.96 bits per heavy atom. The second-order valence-corrected chi connectivity index (χ2v) is 7.78. The van der Waals surface area contributed by atoms with E-state index in [-0.39, 0.29) is 17.6 Å². The van der Waals surface area contributed by atoms with Gasteiger partial charge in [0.15, 0.2) is 0 Å². The highest BCUT2D eigenvalue weighted by Crippen LogP contribution is 2.33. The molecule has 2 saturated heterocycles. The predicted octanol–water partition coefficient (Wildman–Crippen LogP) is 1.76. The van der Waals surface area contributed by atoms with Crippen molar-refractivity contribution in [2.24, 2.45) is 7.05 Å². The van der Waals surface area contributed by atoms with E-state index in [2.05, 4.69) is 25.8 Å². The Balaban J connectivity index is 1.68. The first-order chi connectivity index (χ1) is 11.9. The summed E-state index contributed by atoms with van der Waals surface area (Å²) in [7, 11) is 4.04. The molecule has 0 aliphatic carbocycles. The molecule has 2 atom stereocenters. The monoisotopic (exact) mass is 349 g/mol. The fraction of sp³-hybridized carbons (Fsp3) is 0.737. The van der Waals surface area contributed by atoms with Gasteiger partial charge < -0.3 is 23.8 Å². The number of rotatable bonds is 4. The van der Waals surface area contributed by atoms with E-state index < -0.39 is 0 Å². The lowest BCUT2D eigenvalue weighted by atomic mass is 10.00. The first kappa shape index (κ1) is 18.4. The van der Waals surface area contributed by atoms with Crippen LogP contribution in [0.15, 0.2) is 18.3 Å². The molecule has 1 amide bonds. The minimum atomic E-state index is -0.361. The van der Waals surface area contributed by atoms with Crippen molar-refractivity contribution in [1.82, 2.24) is 14.4 Å². The number of aromatic nitrogens is 1. The van der Waals surface area contributed by atoms with Crippen molar-refractivity contribution in [1.29, 1.82) is 0 Å². The van der Waals surface area contributed by atoms with Crippen molar-refractivity contribution in [2.45, 2.75) is 44.4 Å². The van der Waals surface area contributed by atoms with Gasteiger partial charge in [0.2, 0.25) is 0 Å². The molecule has 3 rings (SSSR count). The molecule has 6 heteroatoms. The van der Waals surface area contributed by atoms with Crippen LogP contribution >= 0.6 is 0 Å². The minimum Gasteiger partial charge on any atom is -0.377 e. The number of amides is 1. The van der Waals surface area contributed by atoms with Gasteiger partial charge in [-0.3, -0.25) is 4.79 Å². The summed E-state index contributed by atoms with van der Waals surface area (Å²) in [4.78, 5) is 17.1. The van der Waals surface area contributed by atoms with Crippen molar-refractivity contribution in [2.75, 3.05) is 39.9 Å². The van der Waals surface area contributed by atoms with Gasteiger partial charge in [-0.05, 0) is 45.9 Å². The summed E-state index contributed by atoms with van der Waals surface area (Å²) in [5.74, 6) is 0.0590. The molecule has 1 aromatic rings. The number of likely N-dealkylation sites (N-methyl/N-ethyl adjacent to an activating group) is 1. The SMILES string of the molecule is CC(C)N(C)C[C@H]1CC[C@]2(COCCN(C(=O)c3cccn3C)C2)O1. The lowest BCUT2D eigenvalue weighted by molar-refractivity contribution is -0.0901. The second-order valence-electron chi connectivity index (χ2n) is 7.78. The van der Waals surface area contributed by atoms with Crippen LogP contribution in [0, 0.1) is 0 Å². The van der Waals surface area contributed by atoms with E-state index in [1.54, 1.807) is 0 Å². The zero-order valence-electron chi connectivity index (χ0n) is 15.9. The van der Waals surface area contributed by atoms with Gasteiger partial charge in [0.25, 0.3) is 5.91 Å². The van der Waals surface area contributed by atoms with Crippen LogP contribution < -0.4 is 0 Å². The van der Waals surface area contributed by atoms with Crippen LogP contribution in [0.25, 0.3) is 0 Å². The van der Waals surface area contributed by atoms with Crippen LogP contribution in [-0.4, -0.2) is 77.9 Å². The molecular weight excluding hydrogens is 318 g/mol. The summed E-state index contributed by atoms with van der Waals surface area (Å²) >= 11 is 0. The lowest BCUT2D eigenvalue weighted by Gasteiger charge is -2.33. The van der Waals surface area contributed by atoms with Crippen molar-refractivity contribution in [3.05, 3.63) is 24.0 Å². The Bertz CT molecular complexity index is 600. The van der Waals surface area contributed by atoms with Crippen LogP contribution in [-0.2, 0) is 16.5 Å². The van der Waals surface area contributed by atoms with Crippen LogP contribution in [0.3, 0.4) is 0 Å². The summed E-state index contributed by atoms with van der Waals surface area (Å²) in [6.07, 6.45) is 4.08. The number of hydrogen-bond donors (Lipinski definition) is 0. The predicted molar refractivity (Wildman–Crippen MR) is 96.7 cm³/mol. The standard InChI is InChI=1S/C19H31N3O3/c1-15(2)21(4)12-16-7-8-19(25-16)13-22(10-11-24-14-19)18(23)17-6-5-9-20(17)3/h5-6,9,15-16H,7-8,10-14H2,1-4H3/t16-,19+/m1/s1. The van der Waals surface area contributed by atoms with Gasteiger partial charge in [0, 0.05) is 32.4 Å². The maximum atomic E-state index is 12.9. The molecule has 0 aromatic carbocycles. The van der Waals surface area contributed by atoms with E-state index in [1.165, 1.54) is 0 Å². The third kappa shape index (κ3) is 4.07. The fourth-order valence-corrected chi connectivity index (χ4v) is 3.70. The molecule has 0 unspecified atom stereocenters. The number of carbonyl (C=O) groups is 1. The maximum Gasteiger partial charge on any atom is 0.270 e. The molecule has 25 heavy (non-hydrogen) atoms. The van der Waals surface area contributed by atoms with E-state index in [9.17, 15) is 4.79 Å². The summed E-state index contributed by atoms with van der Waals surface area (Å²) < 4.78 is 14.1. The molecule has 2 fully saturated rings. The first-order valence-electron chi connectivity index (χ1n) is 9.27. The molecule has 3 heterocycles. The van der Waals surface area contributed by atoms with Crippen LogP contribution in [0.5, 0.6) is 0 Å². The molecule has 1 aromatic heterocycles. The Hall–Kier alpha value is -1.37. The van der Waals surface area contributed by atoms with Crippen LogP contribution in [0.2, 0.25) is 0 Å². The molecular formula is C19H31N3O3. The molecule has 1 spiro atoms. The lowest BCUT2D eigenvalue weighted by Crippen LogP contribution is -2.47. The second kappa shape index (κ2) is 7.48. The minimum absolute atomic E-state index is 0.0590. The average Bonchev–Trinajstić information content (AvgIpc) is 3.09. The summed E-state index contributed by atoms with van der Waals surface area (Å²) in [6, 6.07) is 4.28. The smallest absolute Gasteiger partial charge is 0.270 e. The highest BCUT2D eigenvalue weighted by molar-refractivity contribution is 5.92. The number of ether oxygens (including phenoxy) is 2. The van der Waals surface area contributed by atoms with E-state index in [0.717, 1.165) is 19.4 Å². The zero-order chi connectivity index (χ0) is 18.0. The van der Waals surface area contributed by atoms with Gasteiger partial charge in [-0.25, -0.2) is 0 Å². The van der Waals surface area contributed by atoms with Crippen molar-refractivity contribution in [3.8, 4) is 0 Å². The largest absolute Gasteiger partial charge is 0.377 e. The van der Waals surface area contributed by atoms with Gasteiger partial charge in [-0.15, -0.1) is 0 Å². The molecule has 0 bridgehead atoms. The van der Waals surface area contributed by atoms with Crippen molar-refractivity contribution in [3.63, 3.8) is 0 Å². The highest BCUT2D eigenvalue weighted by atomic mass is 16.6. The first-order valence-corrected chi connectivity index (χ1v) is 9.27. The molecule has 0 saturated carbocycles. The Morgan fingerprint density at radius 2 is 2.28 bits per heavy atom. The Kier molecular flexibility index (Phi) is 5.51. The molecule has 2 aliphatic rings. The highest BCUT2D eigenvalue weighted by Gasteiger charge is 2.44. The molecule has 0 N–H and O–H groups in total. The quantitative estimate of drug-likeness (QED) is 0.831. The van der Waals surface area contributed by atoms with E-state index in [1.807, 2.05) is 34.8 Å². The van der Waals surface area contributed by atoms with E-state index in [0.29, 0.717) is 38.0 Å².